The monoisotopic (exact) mass is 341 g/mol. The molecule has 134 valence electrons. The van der Waals surface area contributed by atoms with E-state index >= 15 is 0 Å². The van der Waals surface area contributed by atoms with Crippen molar-refractivity contribution < 1.29 is 4.79 Å². The van der Waals surface area contributed by atoms with Crippen LogP contribution in [0.3, 0.4) is 0 Å². The molecule has 1 aliphatic rings. The molecule has 0 aliphatic carbocycles. The second kappa shape index (κ2) is 7.33. The molecule has 0 aromatic carbocycles. The van der Waals surface area contributed by atoms with Crippen LogP contribution in [-0.4, -0.2) is 43.6 Å². The Balaban J connectivity index is 1.76. The minimum Gasteiger partial charge on any atom is -0.343 e. The van der Waals surface area contributed by atoms with Crippen molar-refractivity contribution in [1.29, 1.82) is 0 Å². The van der Waals surface area contributed by atoms with Gasteiger partial charge in [-0.15, -0.1) is 0 Å². The third kappa shape index (κ3) is 4.06. The zero-order valence-electron chi connectivity index (χ0n) is 15.6. The summed E-state index contributed by atoms with van der Waals surface area (Å²) in [5.41, 5.74) is 2.96. The maximum atomic E-state index is 11.5. The van der Waals surface area contributed by atoms with Crippen LogP contribution in [0.25, 0.3) is 11.4 Å². The number of nitrogens with zero attached hydrogens (tertiary/aromatic N) is 5. The molecule has 0 N–H and O–H groups in total. The van der Waals surface area contributed by atoms with Gasteiger partial charge in [0.05, 0.1) is 11.4 Å². The number of piperidine rings is 1. The summed E-state index contributed by atoms with van der Waals surface area (Å²) in [5.74, 6) is 1.61. The number of aryl methyl sites for hydroxylation is 1. The van der Waals surface area contributed by atoms with E-state index in [1.807, 2.05) is 34.8 Å². The maximum absolute atomic E-state index is 11.5. The van der Waals surface area contributed by atoms with E-state index < -0.39 is 0 Å². The molecule has 1 amide bonds. The normalized spacial score (nSPS) is 15.8. The summed E-state index contributed by atoms with van der Waals surface area (Å²) in [6, 6.07) is 4.33. The molecule has 1 saturated heterocycles. The molecule has 0 radical (unpaired) electrons. The number of hydrogen-bond acceptors (Lipinski definition) is 4. The summed E-state index contributed by atoms with van der Waals surface area (Å²) in [4.78, 5) is 22.9. The first-order valence-electron chi connectivity index (χ1n) is 9.08. The summed E-state index contributed by atoms with van der Waals surface area (Å²) in [7, 11) is 0. The molecule has 25 heavy (non-hydrogen) atoms. The molecule has 2 aromatic heterocycles. The molecule has 0 bridgehead atoms. The standard InChI is InChI=1S/C19H27N5O/c1-13(2)24-18(5-8-20-24)17-11-14(3)21-19(22-17)12-16-6-9-23(10-7-16)15(4)25/h5,8,11,13,16H,6-7,9-10,12H2,1-4H3. The maximum Gasteiger partial charge on any atom is 0.219 e. The summed E-state index contributed by atoms with van der Waals surface area (Å²) < 4.78 is 2.00. The molecule has 0 atom stereocenters. The van der Waals surface area contributed by atoms with Gasteiger partial charge < -0.3 is 4.90 Å². The molecule has 6 nitrogen and oxygen atoms in total. The fraction of sp³-hybridized carbons (Fsp3) is 0.579. The Bertz CT molecular complexity index is 744. The lowest BCUT2D eigenvalue weighted by molar-refractivity contribution is -0.130. The summed E-state index contributed by atoms with van der Waals surface area (Å²) in [5, 5.41) is 4.41. The topological polar surface area (TPSA) is 63.9 Å². The Morgan fingerprint density at radius 1 is 1.28 bits per heavy atom. The van der Waals surface area contributed by atoms with Crippen LogP contribution in [0.1, 0.15) is 51.2 Å². The highest BCUT2D eigenvalue weighted by atomic mass is 16.2. The van der Waals surface area contributed by atoms with Crippen LogP contribution in [0, 0.1) is 12.8 Å². The van der Waals surface area contributed by atoms with Crippen molar-refractivity contribution in [1.82, 2.24) is 24.6 Å². The van der Waals surface area contributed by atoms with E-state index in [1.54, 1.807) is 6.92 Å². The third-order valence-electron chi connectivity index (χ3n) is 4.85. The Morgan fingerprint density at radius 3 is 2.64 bits per heavy atom. The van der Waals surface area contributed by atoms with Crippen molar-refractivity contribution in [3.63, 3.8) is 0 Å². The smallest absolute Gasteiger partial charge is 0.219 e. The first-order chi connectivity index (χ1) is 11.9. The summed E-state index contributed by atoms with van der Waals surface area (Å²) in [6.07, 6.45) is 4.74. The molecule has 3 heterocycles. The van der Waals surface area contributed by atoms with Crippen LogP contribution in [0.15, 0.2) is 18.3 Å². The highest BCUT2D eigenvalue weighted by Crippen LogP contribution is 2.24. The van der Waals surface area contributed by atoms with Crippen LogP contribution in [-0.2, 0) is 11.2 Å². The first kappa shape index (κ1) is 17.6. The molecular formula is C19H27N5O. The van der Waals surface area contributed by atoms with Gasteiger partial charge >= 0.3 is 0 Å². The third-order valence-corrected chi connectivity index (χ3v) is 4.85. The first-order valence-corrected chi connectivity index (χ1v) is 9.08. The largest absolute Gasteiger partial charge is 0.343 e. The van der Waals surface area contributed by atoms with E-state index in [9.17, 15) is 4.79 Å². The van der Waals surface area contributed by atoms with Gasteiger partial charge in [0.25, 0.3) is 0 Å². The van der Waals surface area contributed by atoms with Gasteiger partial charge in [0.1, 0.15) is 5.82 Å². The summed E-state index contributed by atoms with van der Waals surface area (Å²) in [6.45, 7) is 9.59. The number of hydrogen-bond donors (Lipinski definition) is 0. The van der Waals surface area contributed by atoms with Crippen molar-refractivity contribution in [3.8, 4) is 11.4 Å². The van der Waals surface area contributed by atoms with Crippen LogP contribution >= 0.6 is 0 Å². The van der Waals surface area contributed by atoms with Crippen LogP contribution in [0.4, 0.5) is 0 Å². The predicted molar refractivity (Wildman–Crippen MR) is 97.1 cm³/mol. The van der Waals surface area contributed by atoms with Crippen molar-refractivity contribution in [3.05, 3.63) is 29.8 Å². The van der Waals surface area contributed by atoms with Crippen LogP contribution in [0.2, 0.25) is 0 Å². The quantitative estimate of drug-likeness (QED) is 0.857. The predicted octanol–water partition coefficient (Wildman–Crippen LogP) is 3.03. The Labute approximate surface area is 149 Å². The molecule has 3 rings (SSSR count). The van der Waals surface area contributed by atoms with Crippen molar-refractivity contribution in [2.24, 2.45) is 5.92 Å². The van der Waals surface area contributed by atoms with Crippen molar-refractivity contribution >= 4 is 5.91 Å². The van der Waals surface area contributed by atoms with Crippen molar-refractivity contribution in [2.45, 2.75) is 53.0 Å². The molecule has 6 heteroatoms. The van der Waals surface area contributed by atoms with Gasteiger partial charge in [-0.2, -0.15) is 5.10 Å². The average molecular weight is 341 g/mol. The molecule has 1 fully saturated rings. The van der Waals surface area contributed by atoms with E-state index in [0.717, 1.165) is 55.3 Å². The van der Waals surface area contributed by atoms with E-state index in [-0.39, 0.29) is 5.91 Å². The van der Waals surface area contributed by atoms with Gasteiger partial charge in [-0.3, -0.25) is 9.48 Å². The zero-order valence-corrected chi connectivity index (χ0v) is 15.6. The minimum atomic E-state index is 0.175. The van der Waals surface area contributed by atoms with Gasteiger partial charge in [0, 0.05) is 44.4 Å². The van der Waals surface area contributed by atoms with E-state index in [1.165, 1.54) is 0 Å². The fourth-order valence-corrected chi connectivity index (χ4v) is 3.49. The number of carbonyl (C=O) groups is 1. The van der Waals surface area contributed by atoms with Gasteiger partial charge in [0.2, 0.25) is 5.91 Å². The summed E-state index contributed by atoms with van der Waals surface area (Å²) >= 11 is 0. The van der Waals surface area contributed by atoms with Crippen molar-refractivity contribution in [2.75, 3.05) is 13.1 Å². The number of carbonyl (C=O) groups excluding carboxylic acids is 1. The van der Waals surface area contributed by atoms with E-state index in [0.29, 0.717) is 12.0 Å². The van der Waals surface area contributed by atoms with Crippen LogP contribution in [0.5, 0.6) is 0 Å². The Hall–Kier alpha value is -2.24. The second-order valence-corrected chi connectivity index (χ2v) is 7.22. The van der Waals surface area contributed by atoms with E-state index in [2.05, 4.69) is 23.9 Å². The van der Waals surface area contributed by atoms with Gasteiger partial charge in [-0.05, 0) is 51.7 Å². The zero-order chi connectivity index (χ0) is 18.0. The minimum absolute atomic E-state index is 0.175. The highest BCUT2D eigenvalue weighted by molar-refractivity contribution is 5.73. The lowest BCUT2D eigenvalue weighted by Gasteiger charge is -2.31. The molecule has 0 saturated carbocycles. The average Bonchev–Trinajstić information content (AvgIpc) is 3.04. The Morgan fingerprint density at radius 2 is 2.00 bits per heavy atom. The highest BCUT2D eigenvalue weighted by Gasteiger charge is 2.22. The number of likely N-dealkylation sites (tertiary alicyclic amines) is 1. The van der Waals surface area contributed by atoms with Gasteiger partial charge in [0.15, 0.2) is 0 Å². The number of aromatic nitrogens is 4. The number of amides is 1. The molecule has 2 aromatic rings. The molecule has 0 spiro atoms. The second-order valence-electron chi connectivity index (χ2n) is 7.22. The molecule has 0 unspecified atom stereocenters. The SMILES string of the molecule is CC(=O)N1CCC(Cc2nc(C)cc(-c3ccnn3C(C)C)n2)CC1. The molecular weight excluding hydrogens is 314 g/mol. The Kier molecular flexibility index (Phi) is 5.16. The number of rotatable bonds is 4. The van der Waals surface area contributed by atoms with Gasteiger partial charge in [-0.1, -0.05) is 0 Å². The van der Waals surface area contributed by atoms with Crippen LogP contribution < -0.4 is 0 Å². The molecule has 1 aliphatic heterocycles. The lowest BCUT2D eigenvalue weighted by Crippen LogP contribution is -2.37. The lowest BCUT2D eigenvalue weighted by atomic mass is 9.93. The van der Waals surface area contributed by atoms with Gasteiger partial charge in [-0.25, -0.2) is 9.97 Å². The fourth-order valence-electron chi connectivity index (χ4n) is 3.49. The van der Waals surface area contributed by atoms with E-state index in [4.69, 9.17) is 4.98 Å².